The standard InChI is InChI=1S/C22H32O/c1-8-17(3)11-10-12-18(4)13-14-21-19(5)15-20(23-9-2)16-22(21,6)7/h8,10-15,20H,1,9,16H2,2-7H3/b12-10+,17-11+,18-13+,21-14-/t20-/m0/s1. The first-order valence-corrected chi connectivity index (χ1v) is 8.47. The molecule has 0 bridgehead atoms. The molecule has 0 aromatic carbocycles. The zero-order chi connectivity index (χ0) is 17.5. The fourth-order valence-electron chi connectivity index (χ4n) is 2.94. The summed E-state index contributed by atoms with van der Waals surface area (Å²) in [5.41, 5.74) is 5.27. The summed E-state index contributed by atoms with van der Waals surface area (Å²) >= 11 is 0. The number of ether oxygens (including phenoxy) is 1. The molecular weight excluding hydrogens is 280 g/mol. The van der Waals surface area contributed by atoms with Gasteiger partial charge in [-0.2, -0.15) is 0 Å². The van der Waals surface area contributed by atoms with Gasteiger partial charge in [-0.15, -0.1) is 0 Å². The molecule has 1 atom stereocenters. The summed E-state index contributed by atoms with van der Waals surface area (Å²) in [6.45, 7) is 17.6. The summed E-state index contributed by atoms with van der Waals surface area (Å²) in [5, 5.41) is 0. The van der Waals surface area contributed by atoms with Crippen LogP contribution in [0.4, 0.5) is 0 Å². The highest BCUT2D eigenvalue weighted by Gasteiger charge is 2.31. The van der Waals surface area contributed by atoms with E-state index in [1.54, 1.807) is 0 Å². The minimum Gasteiger partial charge on any atom is -0.374 e. The molecule has 23 heavy (non-hydrogen) atoms. The number of allylic oxidation sites excluding steroid dienone is 10. The fraction of sp³-hybridized carbons (Fsp3) is 0.455. The van der Waals surface area contributed by atoms with Crippen molar-refractivity contribution >= 4 is 0 Å². The fourth-order valence-corrected chi connectivity index (χ4v) is 2.94. The molecule has 0 saturated heterocycles. The lowest BCUT2D eigenvalue weighted by molar-refractivity contribution is 0.0646. The monoisotopic (exact) mass is 312 g/mol. The van der Waals surface area contributed by atoms with Crippen LogP contribution in [-0.4, -0.2) is 12.7 Å². The highest BCUT2D eigenvalue weighted by Crippen LogP contribution is 2.41. The minimum atomic E-state index is 0.137. The lowest BCUT2D eigenvalue weighted by atomic mass is 9.72. The maximum absolute atomic E-state index is 5.80. The zero-order valence-electron chi connectivity index (χ0n) is 15.6. The Morgan fingerprint density at radius 3 is 2.57 bits per heavy atom. The molecule has 0 N–H and O–H groups in total. The maximum atomic E-state index is 5.80. The highest BCUT2D eigenvalue weighted by molar-refractivity contribution is 5.42. The first kappa shape index (κ1) is 19.4. The molecule has 1 heteroatoms. The third-order valence-corrected chi connectivity index (χ3v) is 4.24. The van der Waals surface area contributed by atoms with Gasteiger partial charge in [-0.1, -0.05) is 74.1 Å². The van der Waals surface area contributed by atoms with E-state index >= 15 is 0 Å². The molecule has 0 amide bonds. The summed E-state index contributed by atoms with van der Waals surface area (Å²) in [7, 11) is 0. The molecule has 0 spiro atoms. The summed E-state index contributed by atoms with van der Waals surface area (Å²) in [5.74, 6) is 0. The predicted octanol–water partition coefficient (Wildman–Crippen LogP) is 6.33. The van der Waals surface area contributed by atoms with E-state index in [2.05, 4.69) is 77.7 Å². The maximum Gasteiger partial charge on any atom is 0.0769 e. The Morgan fingerprint density at radius 1 is 1.30 bits per heavy atom. The summed E-state index contributed by atoms with van der Waals surface area (Å²) in [6, 6.07) is 0. The van der Waals surface area contributed by atoms with Crippen molar-refractivity contribution in [2.45, 2.75) is 54.1 Å². The summed E-state index contributed by atoms with van der Waals surface area (Å²) in [6.07, 6.45) is 16.1. The van der Waals surface area contributed by atoms with Crippen LogP contribution in [0.1, 0.15) is 48.0 Å². The Bertz CT molecular complexity index is 565. The zero-order valence-corrected chi connectivity index (χ0v) is 15.6. The van der Waals surface area contributed by atoms with Crippen LogP contribution in [0.3, 0.4) is 0 Å². The SMILES string of the molecule is C=C/C(C)=C/C=C/C(C)=C/C=C1/C(C)=C[C@H](OCC)CC1(C)C. The Hall–Kier alpha value is -1.60. The van der Waals surface area contributed by atoms with Crippen LogP contribution in [0.5, 0.6) is 0 Å². The molecule has 0 unspecified atom stereocenters. The topological polar surface area (TPSA) is 9.23 Å². The van der Waals surface area contributed by atoms with Gasteiger partial charge in [0, 0.05) is 6.61 Å². The van der Waals surface area contributed by atoms with Crippen LogP contribution in [0.25, 0.3) is 0 Å². The van der Waals surface area contributed by atoms with Crippen LogP contribution in [0.2, 0.25) is 0 Å². The molecule has 1 nitrogen and oxygen atoms in total. The van der Waals surface area contributed by atoms with Crippen molar-refractivity contribution < 1.29 is 4.74 Å². The van der Waals surface area contributed by atoms with Crippen molar-refractivity contribution in [1.82, 2.24) is 0 Å². The van der Waals surface area contributed by atoms with Gasteiger partial charge >= 0.3 is 0 Å². The number of hydrogen-bond donors (Lipinski definition) is 0. The van der Waals surface area contributed by atoms with E-state index < -0.39 is 0 Å². The Balaban J connectivity index is 2.95. The van der Waals surface area contributed by atoms with Gasteiger partial charge in [0.05, 0.1) is 6.10 Å². The predicted molar refractivity (Wildman–Crippen MR) is 103 cm³/mol. The number of hydrogen-bond acceptors (Lipinski definition) is 1. The van der Waals surface area contributed by atoms with E-state index in [1.807, 2.05) is 13.0 Å². The largest absolute Gasteiger partial charge is 0.374 e. The van der Waals surface area contributed by atoms with E-state index in [0.29, 0.717) is 0 Å². The average Bonchev–Trinajstić information content (AvgIpc) is 2.45. The quantitative estimate of drug-likeness (QED) is 0.521. The molecule has 0 aliphatic heterocycles. The van der Waals surface area contributed by atoms with Crippen molar-refractivity contribution in [2.75, 3.05) is 6.61 Å². The molecule has 126 valence electrons. The van der Waals surface area contributed by atoms with Gasteiger partial charge in [0.25, 0.3) is 0 Å². The van der Waals surface area contributed by atoms with Crippen LogP contribution in [-0.2, 0) is 4.74 Å². The van der Waals surface area contributed by atoms with Gasteiger partial charge in [0.1, 0.15) is 0 Å². The second-order valence-electron chi connectivity index (χ2n) is 6.90. The Labute approximate surface area is 142 Å². The normalized spacial score (nSPS) is 24.2. The van der Waals surface area contributed by atoms with Gasteiger partial charge in [-0.3, -0.25) is 0 Å². The minimum absolute atomic E-state index is 0.137. The second-order valence-corrected chi connectivity index (χ2v) is 6.90. The van der Waals surface area contributed by atoms with E-state index in [4.69, 9.17) is 4.74 Å². The summed E-state index contributed by atoms with van der Waals surface area (Å²) in [4.78, 5) is 0. The first-order chi connectivity index (χ1) is 10.8. The van der Waals surface area contributed by atoms with Crippen LogP contribution >= 0.6 is 0 Å². The van der Waals surface area contributed by atoms with Gasteiger partial charge in [0.2, 0.25) is 0 Å². The molecule has 0 saturated carbocycles. The van der Waals surface area contributed by atoms with E-state index in [-0.39, 0.29) is 11.5 Å². The third-order valence-electron chi connectivity index (χ3n) is 4.24. The van der Waals surface area contributed by atoms with Crippen molar-refractivity contribution in [3.63, 3.8) is 0 Å². The Kier molecular flexibility index (Phi) is 7.51. The third kappa shape index (κ3) is 6.19. The van der Waals surface area contributed by atoms with E-state index in [1.165, 1.54) is 22.3 Å². The van der Waals surface area contributed by atoms with E-state index in [9.17, 15) is 0 Å². The van der Waals surface area contributed by atoms with Crippen LogP contribution in [0, 0.1) is 5.41 Å². The van der Waals surface area contributed by atoms with Gasteiger partial charge < -0.3 is 4.74 Å². The first-order valence-electron chi connectivity index (χ1n) is 8.47. The molecule has 0 aromatic heterocycles. The molecule has 0 heterocycles. The molecule has 0 aromatic rings. The molecule has 0 fully saturated rings. The molecule has 1 aliphatic carbocycles. The second kappa shape index (κ2) is 8.88. The molecule has 1 aliphatic rings. The average molecular weight is 312 g/mol. The van der Waals surface area contributed by atoms with Gasteiger partial charge in [-0.05, 0) is 50.7 Å². The van der Waals surface area contributed by atoms with Crippen molar-refractivity contribution in [3.05, 3.63) is 71.4 Å². The highest BCUT2D eigenvalue weighted by atomic mass is 16.5. The number of rotatable bonds is 6. The van der Waals surface area contributed by atoms with Crippen LogP contribution < -0.4 is 0 Å². The van der Waals surface area contributed by atoms with Crippen molar-refractivity contribution in [2.24, 2.45) is 5.41 Å². The Morgan fingerprint density at radius 2 is 2.00 bits per heavy atom. The molecule has 1 rings (SSSR count). The van der Waals surface area contributed by atoms with E-state index in [0.717, 1.165) is 13.0 Å². The van der Waals surface area contributed by atoms with Crippen LogP contribution in [0.15, 0.2) is 71.4 Å². The van der Waals surface area contributed by atoms with Crippen molar-refractivity contribution in [1.29, 1.82) is 0 Å². The lowest BCUT2D eigenvalue weighted by Gasteiger charge is -2.36. The van der Waals surface area contributed by atoms with Crippen molar-refractivity contribution in [3.8, 4) is 0 Å². The van der Waals surface area contributed by atoms with Gasteiger partial charge in [-0.25, -0.2) is 0 Å². The molecular formula is C22H32O. The van der Waals surface area contributed by atoms with Gasteiger partial charge in [0.15, 0.2) is 0 Å². The lowest BCUT2D eigenvalue weighted by Crippen LogP contribution is -2.29. The smallest absolute Gasteiger partial charge is 0.0769 e. The summed E-state index contributed by atoms with van der Waals surface area (Å²) < 4.78 is 5.80. The molecule has 0 radical (unpaired) electrons.